The monoisotopic (exact) mass is 430 g/mol. The molecule has 0 saturated heterocycles. The number of fused-ring (bicyclic) bond motifs is 1. The summed E-state index contributed by atoms with van der Waals surface area (Å²) in [4.78, 5) is 19.3. The normalized spacial score (nSPS) is 12.0. The highest BCUT2D eigenvalue weighted by Crippen LogP contribution is 2.36. The smallest absolute Gasteiger partial charge is 0.253 e. The van der Waals surface area contributed by atoms with E-state index in [2.05, 4.69) is 5.32 Å². The van der Waals surface area contributed by atoms with Crippen LogP contribution < -0.4 is 5.32 Å². The van der Waals surface area contributed by atoms with Crippen LogP contribution in [0.3, 0.4) is 0 Å². The number of thioether (sulfide) groups is 1. The van der Waals surface area contributed by atoms with Crippen LogP contribution >= 0.6 is 11.8 Å². The van der Waals surface area contributed by atoms with E-state index in [0.717, 1.165) is 32.6 Å². The summed E-state index contributed by atoms with van der Waals surface area (Å²) in [7, 11) is 0. The number of aromatic nitrogens is 1. The maximum atomic E-state index is 13.8. The van der Waals surface area contributed by atoms with Crippen molar-refractivity contribution in [1.82, 2.24) is 10.3 Å². The molecule has 0 radical (unpaired) electrons. The SMILES string of the molecule is CC[C@H](NC(=O)c1c(SC)c(-c2ccccc2)nc2ccccc12)c1cccc(F)c1. The maximum Gasteiger partial charge on any atom is 0.253 e. The van der Waals surface area contributed by atoms with E-state index in [9.17, 15) is 9.18 Å². The van der Waals surface area contributed by atoms with Crippen LogP contribution in [0.25, 0.3) is 22.2 Å². The number of carbonyl (C=O) groups is 1. The Bertz CT molecular complexity index is 1230. The molecule has 4 aromatic rings. The Morgan fingerprint density at radius 2 is 1.77 bits per heavy atom. The molecule has 0 spiro atoms. The molecule has 1 aromatic heterocycles. The topological polar surface area (TPSA) is 42.0 Å². The fourth-order valence-corrected chi connectivity index (χ4v) is 4.55. The van der Waals surface area contributed by atoms with Gasteiger partial charge in [0, 0.05) is 15.8 Å². The van der Waals surface area contributed by atoms with Crippen molar-refractivity contribution in [3.63, 3.8) is 0 Å². The minimum atomic E-state index is -0.310. The van der Waals surface area contributed by atoms with Crippen molar-refractivity contribution in [2.45, 2.75) is 24.3 Å². The van der Waals surface area contributed by atoms with E-state index >= 15 is 0 Å². The number of nitrogens with one attached hydrogen (secondary N) is 1. The number of para-hydroxylation sites is 1. The molecule has 0 fully saturated rings. The Labute approximate surface area is 185 Å². The summed E-state index contributed by atoms with van der Waals surface area (Å²) in [5.74, 6) is -0.494. The van der Waals surface area contributed by atoms with Gasteiger partial charge < -0.3 is 5.32 Å². The Hall–Kier alpha value is -3.18. The van der Waals surface area contributed by atoms with Gasteiger partial charge in [0.15, 0.2) is 0 Å². The van der Waals surface area contributed by atoms with E-state index in [4.69, 9.17) is 4.98 Å². The van der Waals surface area contributed by atoms with Crippen LogP contribution in [0.4, 0.5) is 4.39 Å². The molecule has 3 aromatic carbocycles. The van der Waals surface area contributed by atoms with E-state index in [0.29, 0.717) is 12.0 Å². The number of halogens is 1. The van der Waals surface area contributed by atoms with E-state index in [-0.39, 0.29) is 17.8 Å². The van der Waals surface area contributed by atoms with Gasteiger partial charge in [-0.05, 0) is 36.4 Å². The second kappa shape index (κ2) is 9.31. The van der Waals surface area contributed by atoms with Crippen LogP contribution in [0.2, 0.25) is 0 Å². The van der Waals surface area contributed by atoms with E-state index in [1.807, 2.05) is 73.8 Å². The zero-order chi connectivity index (χ0) is 21.8. The predicted octanol–water partition coefficient (Wildman–Crippen LogP) is 6.64. The Morgan fingerprint density at radius 1 is 1.03 bits per heavy atom. The highest BCUT2D eigenvalue weighted by Gasteiger charge is 2.23. The number of carbonyl (C=O) groups excluding carboxylic acids is 1. The highest BCUT2D eigenvalue weighted by atomic mass is 32.2. The molecule has 0 aliphatic rings. The largest absolute Gasteiger partial charge is 0.345 e. The summed E-state index contributed by atoms with van der Waals surface area (Å²) in [6.07, 6.45) is 2.61. The lowest BCUT2D eigenvalue weighted by Crippen LogP contribution is -2.29. The Balaban J connectivity index is 1.84. The summed E-state index contributed by atoms with van der Waals surface area (Å²) in [6.45, 7) is 1.98. The van der Waals surface area contributed by atoms with Crippen molar-refractivity contribution in [2.75, 3.05) is 6.26 Å². The number of hydrogen-bond acceptors (Lipinski definition) is 3. The molecule has 31 heavy (non-hydrogen) atoms. The molecule has 0 aliphatic heterocycles. The molecule has 1 amide bonds. The fourth-order valence-electron chi connectivity index (χ4n) is 3.79. The molecule has 1 atom stereocenters. The molecule has 3 nitrogen and oxygen atoms in total. The summed E-state index contributed by atoms with van der Waals surface area (Å²) in [5, 5.41) is 3.93. The van der Waals surface area contributed by atoms with Gasteiger partial charge in [-0.3, -0.25) is 4.79 Å². The third kappa shape index (κ3) is 4.32. The van der Waals surface area contributed by atoms with Gasteiger partial charge in [-0.25, -0.2) is 9.37 Å². The molecule has 0 unspecified atom stereocenters. The number of pyridine rings is 1. The van der Waals surface area contributed by atoms with Crippen LogP contribution in [0.5, 0.6) is 0 Å². The average molecular weight is 431 g/mol. The molecule has 0 aliphatic carbocycles. The first kappa shape index (κ1) is 21.1. The van der Waals surface area contributed by atoms with Crippen LogP contribution in [0.1, 0.15) is 35.3 Å². The van der Waals surface area contributed by atoms with Crippen molar-refractivity contribution in [3.8, 4) is 11.3 Å². The number of rotatable bonds is 6. The predicted molar refractivity (Wildman–Crippen MR) is 126 cm³/mol. The molecule has 5 heteroatoms. The second-order valence-electron chi connectivity index (χ2n) is 7.24. The van der Waals surface area contributed by atoms with Gasteiger partial charge in [0.1, 0.15) is 5.82 Å². The Morgan fingerprint density at radius 3 is 2.48 bits per heavy atom. The molecule has 4 rings (SSSR count). The third-order valence-electron chi connectivity index (χ3n) is 5.29. The van der Waals surface area contributed by atoms with Crippen LogP contribution in [-0.4, -0.2) is 17.1 Å². The molecule has 1 heterocycles. The minimum absolute atomic E-state index is 0.184. The van der Waals surface area contributed by atoms with Gasteiger partial charge in [-0.2, -0.15) is 0 Å². The molecule has 1 N–H and O–H groups in total. The first-order valence-electron chi connectivity index (χ1n) is 10.2. The van der Waals surface area contributed by atoms with Crippen LogP contribution in [-0.2, 0) is 0 Å². The summed E-state index contributed by atoms with van der Waals surface area (Å²) < 4.78 is 13.8. The van der Waals surface area contributed by atoms with Gasteiger partial charge in [-0.15, -0.1) is 11.8 Å². The Kier molecular flexibility index (Phi) is 6.33. The zero-order valence-electron chi connectivity index (χ0n) is 17.4. The second-order valence-corrected chi connectivity index (χ2v) is 8.06. The van der Waals surface area contributed by atoms with Crippen molar-refractivity contribution in [3.05, 3.63) is 95.8 Å². The highest BCUT2D eigenvalue weighted by molar-refractivity contribution is 7.98. The standard InChI is InChI=1S/C26H23FN2OS/c1-3-21(18-12-9-13-19(27)16-18)29-26(30)23-20-14-7-8-15-22(20)28-24(25(23)31-2)17-10-5-4-6-11-17/h4-16,21H,3H2,1-2H3,(H,29,30)/t21-/m0/s1. The number of nitrogens with zero attached hydrogens (tertiary/aromatic N) is 1. The number of benzene rings is 3. The lowest BCUT2D eigenvalue weighted by Gasteiger charge is -2.20. The molecule has 156 valence electrons. The molecular formula is C26H23FN2OS. The minimum Gasteiger partial charge on any atom is -0.345 e. The maximum absolute atomic E-state index is 13.8. The first-order valence-corrected chi connectivity index (χ1v) is 11.4. The summed E-state index contributed by atoms with van der Waals surface area (Å²) in [5.41, 5.74) is 3.87. The zero-order valence-corrected chi connectivity index (χ0v) is 18.2. The number of amides is 1. The van der Waals surface area contributed by atoms with Crippen molar-refractivity contribution < 1.29 is 9.18 Å². The van der Waals surface area contributed by atoms with Gasteiger partial charge >= 0.3 is 0 Å². The van der Waals surface area contributed by atoms with Gasteiger partial charge in [-0.1, -0.05) is 67.6 Å². The van der Waals surface area contributed by atoms with E-state index < -0.39 is 0 Å². The van der Waals surface area contributed by atoms with Crippen molar-refractivity contribution in [2.24, 2.45) is 0 Å². The molecule has 0 bridgehead atoms. The lowest BCUT2D eigenvalue weighted by atomic mass is 10.0. The summed E-state index contributed by atoms with van der Waals surface area (Å²) >= 11 is 1.51. The summed E-state index contributed by atoms with van der Waals surface area (Å²) in [6, 6.07) is 23.7. The van der Waals surface area contributed by atoms with Gasteiger partial charge in [0.05, 0.1) is 22.8 Å². The number of hydrogen-bond donors (Lipinski definition) is 1. The van der Waals surface area contributed by atoms with Gasteiger partial charge in [0.25, 0.3) is 5.91 Å². The quantitative estimate of drug-likeness (QED) is 0.349. The molecular weight excluding hydrogens is 407 g/mol. The van der Waals surface area contributed by atoms with Crippen molar-refractivity contribution in [1.29, 1.82) is 0 Å². The average Bonchev–Trinajstić information content (AvgIpc) is 2.81. The first-order chi connectivity index (χ1) is 15.1. The lowest BCUT2D eigenvalue weighted by molar-refractivity contribution is 0.0934. The fraction of sp³-hybridized carbons (Fsp3) is 0.154. The third-order valence-corrected chi connectivity index (χ3v) is 6.10. The van der Waals surface area contributed by atoms with Crippen LogP contribution in [0, 0.1) is 5.82 Å². The van der Waals surface area contributed by atoms with Crippen LogP contribution in [0.15, 0.2) is 83.8 Å². The van der Waals surface area contributed by atoms with E-state index in [1.165, 1.54) is 23.9 Å². The van der Waals surface area contributed by atoms with E-state index in [1.54, 1.807) is 6.07 Å². The van der Waals surface area contributed by atoms with Gasteiger partial charge in [0.2, 0.25) is 0 Å². The molecule has 0 saturated carbocycles. The van der Waals surface area contributed by atoms with Crippen molar-refractivity contribution >= 4 is 28.6 Å².